The predicted molar refractivity (Wildman–Crippen MR) is 128 cm³/mol. The monoisotopic (exact) mass is 486 g/mol. The van der Waals surface area contributed by atoms with Crippen molar-refractivity contribution >= 4 is 33.4 Å². The summed E-state index contributed by atoms with van der Waals surface area (Å²) in [5.41, 5.74) is 1.25. The van der Waals surface area contributed by atoms with Gasteiger partial charge in [0.15, 0.2) is 12.4 Å². The van der Waals surface area contributed by atoms with Crippen LogP contribution in [0.15, 0.2) is 53.4 Å². The summed E-state index contributed by atoms with van der Waals surface area (Å²) in [6, 6.07) is 11.8. The molecule has 3 rings (SSSR count). The van der Waals surface area contributed by atoms with Crippen LogP contribution in [0.4, 0.5) is 5.69 Å². The van der Waals surface area contributed by atoms with E-state index in [9.17, 15) is 22.8 Å². The molecule has 1 amide bonds. The summed E-state index contributed by atoms with van der Waals surface area (Å²) >= 11 is 0. The van der Waals surface area contributed by atoms with Crippen LogP contribution < -0.4 is 5.32 Å². The standard InChI is InChI=1S/C25H30N2O6S/c1-17-7-13-20(14-8-17)34(31,32)27-15-5-6-21(27)23(29)33-16-22(28)18-9-11-19(12-10-18)26-24(30)25(2,3)4/h7-14,21H,5-6,15-16H2,1-4H3,(H,26,30)/t21-/m0/s1. The van der Waals surface area contributed by atoms with Crippen molar-refractivity contribution in [2.24, 2.45) is 5.41 Å². The van der Waals surface area contributed by atoms with Gasteiger partial charge >= 0.3 is 5.97 Å². The van der Waals surface area contributed by atoms with Crippen LogP contribution in [-0.4, -0.2) is 49.6 Å². The van der Waals surface area contributed by atoms with Gasteiger partial charge in [0.25, 0.3) is 0 Å². The number of ether oxygens (including phenoxy) is 1. The van der Waals surface area contributed by atoms with Crippen molar-refractivity contribution in [3.05, 3.63) is 59.7 Å². The van der Waals surface area contributed by atoms with Crippen LogP contribution in [-0.2, 0) is 24.3 Å². The molecule has 8 nitrogen and oxygen atoms in total. The van der Waals surface area contributed by atoms with Crippen LogP contribution in [0.2, 0.25) is 0 Å². The number of anilines is 1. The molecule has 0 bridgehead atoms. The molecule has 9 heteroatoms. The summed E-state index contributed by atoms with van der Waals surface area (Å²) in [5, 5.41) is 2.77. The number of carbonyl (C=O) groups is 3. The van der Waals surface area contributed by atoms with Crippen molar-refractivity contribution in [3.63, 3.8) is 0 Å². The third kappa shape index (κ3) is 5.90. The van der Waals surface area contributed by atoms with Crippen LogP contribution in [0.25, 0.3) is 0 Å². The zero-order valence-corrected chi connectivity index (χ0v) is 20.6. The number of sulfonamides is 1. The number of nitrogens with one attached hydrogen (secondary N) is 1. The van der Waals surface area contributed by atoms with Crippen molar-refractivity contribution in [2.75, 3.05) is 18.5 Å². The Balaban J connectivity index is 1.61. The van der Waals surface area contributed by atoms with Gasteiger partial charge in [-0.05, 0) is 56.2 Å². The number of nitrogens with zero attached hydrogens (tertiary/aromatic N) is 1. The normalized spacial score (nSPS) is 16.8. The van der Waals surface area contributed by atoms with E-state index in [-0.39, 0.29) is 17.3 Å². The summed E-state index contributed by atoms with van der Waals surface area (Å²) < 4.78 is 32.4. The van der Waals surface area contributed by atoms with E-state index in [0.717, 1.165) is 9.87 Å². The van der Waals surface area contributed by atoms with Crippen molar-refractivity contribution in [1.82, 2.24) is 4.31 Å². The van der Waals surface area contributed by atoms with Gasteiger partial charge in [0.2, 0.25) is 15.9 Å². The second kappa shape index (κ2) is 10.1. The minimum absolute atomic E-state index is 0.118. The number of amides is 1. The number of hydrogen-bond acceptors (Lipinski definition) is 6. The molecule has 34 heavy (non-hydrogen) atoms. The third-order valence-electron chi connectivity index (χ3n) is 5.59. The van der Waals surface area contributed by atoms with Crippen molar-refractivity contribution in [2.45, 2.75) is 51.5 Å². The Morgan fingerprint density at radius 2 is 1.65 bits per heavy atom. The van der Waals surface area contributed by atoms with E-state index in [2.05, 4.69) is 5.32 Å². The Kier molecular flexibility index (Phi) is 7.57. The molecule has 2 aromatic carbocycles. The molecule has 0 aliphatic carbocycles. The Bertz CT molecular complexity index is 1170. The van der Waals surface area contributed by atoms with E-state index in [0.29, 0.717) is 24.1 Å². The zero-order chi connectivity index (χ0) is 25.1. The van der Waals surface area contributed by atoms with Gasteiger partial charge in [-0.25, -0.2) is 8.42 Å². The number of ketones is 1. The van der Waals surface area contributed by atoms with Gasteiger partial charge in [0.05, 0.1) is 4.90 Å². The Hall–Kier alpha value is -3.04. The first-order chi connectivity index (χ1) is 15.9. The number of aryl methyl sites for hydroxylation is 1. The second-order valence-corrected chi connectivity index (χ2v) is 11.3. The number of carbonyl (C=O) groups excluding carboxylic acids is 3. The summed E-state index contributed by atoms with van der Waals surface area (Å²) in [6.07, 6.45) is 0.862. The van der Waals surface area contributed by atoms with Gasteiger partial charge in [0.1, 0.15) is 6.04 Å². The SMILES string of the molecule is Cc1ccc(S(=O)(=O)N2CCC[C@H]2C(=O)OCC(=O)c2ccc(NC(=O)C(C)(C)C)cc2)cc1. The van der Waals surface area contributed by atoms with Crippen LogP contribution >= 0.6 is 0 Å². The molecular weight excluding hydrogens is 456 g/mol. The Morgan fingerprint density at radius 1 is 1.03 bits per heavy atom. The zero-order valence-electron chi connectivity index (χ0n) is 19.8. The molecule has 1 saturated heterocycles. The topological polar surface area (TPSA) is 110 Å². The van der Waals surface area contributed by atoms with Crippen molar-refractivity contribution < 1.29 is 27.5 Å². The average Bonchev–Trinajstić information content (AvgIpc) is 3.28. The Morgan fingerprint density at radius 3 is 2.24 bits per heavy atom. The predicted octanol–water partition coefficient (Wildman–Crippen LogP) is 3.56. The Labute approximate surface area is 200 Å². The van der Waals surface area contributed by atoms with Gasteiger partial charge < -0.3 is 10.1 Å². The van der Waals surface area contributed by atoms with E-state index < -0.39 is 39.8 Å². The lowest BCUT2D eigenvalue weighted by atomic mass is 9.95. The summed E-state index contributed by atoms with van der Waals surface area (Å²) in [5.74, 6) is -1.31. The van der Waals surface area contributed by atoms with Crippen molar-refractivity contribution in [1.29, 1.82) is 0 Å². The number of rotatable bonds is 7. The molecule has 0 saturated carbocycles. The summed E-state index contributed by atoms with van der Waals surface area (Å²) in [6.45, 7) is 6.97. The van der Waals surface area contributed by atoms with Crippen molar-refractivity contribution in [3.8, 4) is 0 Å². The minimum Gasteiger partial charge on any atom is -0.456 e. The molecule has 0 radical (unpaired) electrons. The molecule has 1 aliphatic rings. The van der Waals surface area contributed by atoms with Crippen LogP contribution in [0.3, 0.4) is 0 Å². The van der Waals surface area contributed by atoms with E-state index in [1.54, 1.807) is 45.0 Å². The van der Waals surface area contributed by atoms with Crippen LogP contribution in [0, 0.1) is 12.3 Å². The lowest BCUT2D eigenvalue weighted by molar-refractivity contribution is -0.146. The average molecular weight is 487 g/mol. The van der Waals surface area contributed by atoms with Crippen LogP contribution in [0.1, 0.15) is 49.5 Å². The van der Waals surface area contributed by atoms with E-state index in [4.69, 9.17) is 4.74 Å². The molecular formula is C25H30N2O6S. The molecule has 0 unspecified atom stereocenters. The molecule has 1 heterocycles. The summed E-state index contributed by atoms with van der Waals surface area (Å²) in [4.78, 5) is 37.4. The first-order valence-electron chi connectivity index (χ1n) is 11.1. The number of esters is 1. The van der Waals surface area contributed by atoms with Gasteiger partial charge in [0, 0.05) is 23.2 Å². The van der Waals surface area contributed by atoms with Gasteiger partial charge in [-0.1, -0.05) is 38.5 Å². The fraction of sp³-hybridized carbons (Fsp3) is 0.400. The smallest absolute Gasteiger partial charge is 0.324 e. The fourth-order valence-corrected chi connectivity index (χ4v) is 5.13. The maximum atomic E-state index is 13.0. The highest BCUT2D eigenvalue weighted by atomic mass is 32.2. The minimum atomic E-state index is -3.85. The highest BCUT2D eigenvalue weighted by Gasteiger charge is 2.40. The molecule has 0 aromatic heterocycles. The molecule has 182 valence electrons. The lowest BCUT2D eigenvalue weighted by Crippen LogP contribution is -2.41. The largest absolute Gasteiger partial charge is 0.456 e. The maximum absolute atomic E-state index is 13.0. The number of hydrogen-bond donors (Lipinski definition) is 1. The highest BCUT2D eigenvalue weighted by Crippen LogP contribution is 2.27. The first-order valence-corrected chi connectivity index (χ1v) is 12.5. The number of Topliss-reactive ketones (excluding diaryl/α,β-unsaturated/α-hetero) is 1. The van der Waals surface area contributed by atoms with E-state index >= 15 is 0 Å². The molecule has 1 atom stereocenters. The van der Waals surface area contributed by atoms with E-state index in [1.165, 1.54) is 24.3 Å². The molecule has 0 spiro atoms. The molecule has 2 aromatic rings. The third-order valence-corrected chi connectivity index (χ3v) is 7.52. The quantitative estimate of drug-likeness (QED) is 0.473. The molecule has 1 aliphatic heterocycles. The molecule has 1 N–H and O–H groups in total. The fourth-order valence-electron chi connectivity index (χ4n) is 3.48. The lowest BCUT2D eigenvalue weighted by Gasteiger charge is -2.22. The van der Waals surface area contributed by atoms with Gasteiger partial charge in [-0.3, -0.25) is 14.4 Å². The highest BCUT2D eigenvalue weighted by molar-refractivity contribution is 7.89. The maximum Gasteiger partial charge on any atom is 0.324 e. The van der Waals surface area contributed by atoms with Crippen LogP contribution in [0.5, 0.6) is 0 Å². The molecule has 1 fully saturated rings. The summed E-state index contributed by atoms with van der Waals surface area (Å²) in [7, 11) is -3.85. The second-order valence-electron chi connectivity index (χ2n) is 9.40. The van der Waals surface area contributed by atoms with E-state index in [1.807, 2.05) is 6.92 Å². The number of benzene rings is 2. The first kappa shape index (κ1) is 25.6. The van der Waals surface area contributed by atoms with Gasteiger partial charge in [-0.15, -0.1) is 0 Å². The van der Waals surface area contributed by atoms with Gasteiger partial charge in [-0.2, -0.15) is 4.31 Å².